The van der Waals surface area contributed by atoms with Crippen molar-refractivity contribution in [1.29, 1.82) is 0 Å². The lowest BCUT2D eigenvalue weighted by molar-refractivity contribution is -0.339. The highest BCUT2D eigenvalue weighted by atomic mass is 17.2. The minimum Gasteiger partial charge on any atom is -0.457 e. The van der Waals surface area contributed by atoms with Crippen LogP contribution in [-0.2, 0) is 48.2 Å². The van der Waals surface area contributed by atoms with Crippen molar-refractivity contribution in [2.45, 2.75) is 93.3 Å². The number of ether oxygens (including phenoxy) is 2. The Labute approximate surface area is 190 Å². The van der Waals surface area contributed by atoms with Gasteiger partial charge in [0.1, 0.15) is 11.2 Å². The summed E-state index contributed by atoms with van der Waals surface area (Å²) >= 11 is 0. The molecule has 0 aromatic carbocycles. The summed E-state index contributed by atoms with van der Waals surface area (Å²) in [5.74, 6) is -4.82. The van der Waals surface area contributed by atoms with Gasteiger partial charge in [0.15, 0.2) is 0 Å². The van der Waals surface area contributed by atoms with Crippen LogP contribution in [0.4, 0.5) is 0 Å². The first-order valence-corrected chi connectivity index (χ1v) is 10.4. The summed E-state index contributed by atoms with van der Waals surface area (Å²) in [6.45, 7) is 17.7. The van der Waals surface area contributed by atoms with E-state index in [-0.39, 0.29) is 36.9 Å². The van der Waals surface area contributed by atoms with Crippen molar-refractivity contribution in [2.24, 2.45) is 10.8 Å². The zero-order valence-electron chi connectivity index (χ0n) is 20.9. The van der Waals surface area contributed by atoms with Crippen molar-refractivity contribution in [3.8, 4) is 0 Å². The molecule has 0 heterocycles. The summed E-state index contributed by atoms with van der Waals surface area (Å²) in [5, 5.41) is 0. The van der Waals surface area contributed by atoms with Crippen LogP contribution < -0.4 is 0 Å². The molecule has 0 aromatic rings. The largest absolute Gasteiger partial charge is 0.457 e. The number of esters is 2. The molecule has 0 spiro atoms. The van der Waals surface area contributed by atoms with Crippen LogP contribution in [0, 0.1) is 10.8 Å². The van der Waals surface area contributed by atoms with Gasteiger partial charge < -0.3 is 9.47 Å². The third-order valence-corrected chi connectivity index (χ3v) is 3.62. The van der Waals surface area contributed by atoms with Gasteiger partial charge in [-0.05, 0) is 51.4 Å². The van der Waals surface area contributed by atoms with Crippen molar-refractivity contribution in [2.75, 3.05) is 13.2 Å². The van der Waals surface area contributed by atoms with Crippen molar-refractivity contribution in [3.05, 3.63) is 0 Å². The van der Waals surface area contributed by atoms with Crippen LogP contribution in [0.5, 0.6) is 0 Å². The number of carbonyl (C=O) groups excluding carboxylic acids is 4. The number of hydrogen-bond acceptors (Lipinski definition) is 10. The Balaban J connectivity index is 4.45. The zero-order valence-corrected chi connectivity index (χ0v) is 20.9. The highest BCUT2D eigenvalue weighted by Crippen LogP contribution is 2.25. The Hall–Kier alpha value is -2.20. The minimum absolute atomic E-state index is 0.0539. The molecule has 32 heavy (non-hydrogen) atoms. The molecule has 0 rings (SSSR count). The lowest BCUT2D eigenvalue weighted by Gasteiger charge is -2.28. The van der Waals surface area contributed by atoms with Crippen LogP contribution >= 0.6 is 0 Å². The van der Waals surface area contributed by atoms with Crippen LogP contribution in [0.15, 0.2) is 0 Å². The predicted octanol–water partition coefficient (Wildman–Crippen LogP) is 3.45. The summed E-state index contributed by atoms with van der Waals surface area (Å²) in [5.41, 5.74) is -2.57. The molecule has 0 aliphatic carbocycles. The molecule has 0 unspecified atom stereocenters. The highest BCUT2D eigenvalue weighted by Gasteiger charge is 2.32. The molecule has 0 aliphatic heterocycles. The molecule has 0 saturated heterocycles. The van der Waals surface area contributed by atoms with Gasteiger partial charge >= 0.3 is 23.9 Å². The monoisotopic (exact) mass is 462 g/mol. The van der Waals surface area contributed by atoms with Crippen LogP contribution in [0.25, 0.3) is 0 Å². The molecule has 186 valence electrons. The van der Waals surface area contributed by atoms with E-state index in [4.69, 9.17) is 19.2 Å². The van der Waals surface area contributed by atoms with Crippen molar-refractivity contribution in [1.82, 2.24) is 0 Å². The molecule has 0 saturated carbocycles. The molecular formula is C22H38O10. The van der Waals surface area contributed by atoms with Crippen LogP contribution in [0.3, 0.4) is 0 Å². The number of rotatable bonds is 9. The van der Waals surface area contributed by atoms with E-state index >= 15 is 0 Å². The molecular weight excluding hydrogens is 424 g/mol. The van der Waals surface area contributed by atoms with E-state index in [2.05, 4.69) is 9.78 Å². The Morgan fingerprint density at radius 3 is 1.03 bits per heavy atom. The quantitative estimate of drug-likeness (QED) is 0.218. The van der Waals surface area contributed by atoms with Gasteiger partial charge in [0.2, 0.25) is 0 Å². The van der Waals surface area contributed by atoms with Crippen LogP contribution in [0.2, 0.25) is 0 Å². The molecule has 10 nitrogen and oxygen atoms in total. The number of carbonyl (C=O) groups is 4. The maximum absolute atomic E-state index is 11.7. The van der Waals surface area contributed by atoms with Gasteiger partial charge in [-0.1, -0.05) is 41.5 Å². The van der Waals surface area contributed by atoms with Gasteiger partial charge in [0.05, 0.1) is 13.2 Å². The van der Waals surface area contributed by atoms with E-state index in [9.17, 15) is 19.2 Å². The van der Waals surface area contributed by atoms with E-state index in [1.165, 1.54) is 0 Å². The molecule has 0 fully saturated rings. The lowest BCUT2D eigenvalue weighted by Crippen LogP contribution is -2.35. The summed E-state index contributed by atoms with van der Waals surface area (Å²) in [6, 6.07) is 0. The van der Waals surface area contributed by atoms with E-state index in [0.29, 0.717) is 0 Å². The first kappa shape index (κ1) is 29.8. The summed E-state index contributed by atoms with van der Waals surface area (Å²) in [6.07, 6.45) is 0.576. The molecule has 0 aliphatic rings. The normalized spacial score (nSPS) is 12.7. The van der Waals surface area contributed by atoms with Gasteiger partial charge in [-0.25, -0.2) is 19.2 Å². The molecule has 0 atom stereocenters. The van der Waals surface area contributed by atoms with Crippen molar-refractivity contribution < 1.29 is 48.2 Å². The lowest BCUT2D eigenvalue weighted by atomic mass is 9.94. The van der Waals surface area contributed by atoms with Gasteiger partial charge in [-0.15, -0.1) is 0 Å². The maximum Gasteiger partial charge on any atom is 0.449 e. The Morgan fingerprint density at radius 1 is 0.500 bits per heavy atom. The average molecular weight is 463 g/mol. The standard InChI is InChI=1S/C22H38O10/c1-19(2,3)13-27-15(23)17(25)29-31-21(7,8)11-12-22(9,10)32-30-18(26)16(24)28-14-20(4,5)6/h11-14H2,1-10H3. The van der Waals surface area contributed by atoms with E-state index in [1.807, 2.05) is 41.5 Å². The SMILES string of the molecule is CC(C)(C)COC(=O)C(=O)OOC(C)(C)CCC(C)(C)OOC(=O)C(=O)OCC(C)(C)C. The van der Waals surface area contributed by atoms with E-state index in [0.717, 1.165) is 0 Å². The first-order chi connectivity index (χ1) is 14.2. The van der Waals surface area contributed by atoms with Crippen molar-refractivity contribution in [3.63, 3.8) is 0 Å². The van der Waals surface area contributed by atoms with Crippen molar-refractivity contribution >= 4 is 23.9 Å². The van der Waals surface area contributed by atoms with E-state index < -0.39 is 35.1 Å². The van der Waals surface area contributed by atoms with Crippen LogP contribution in [0.1, 0.15) is 82.1 Å². The smallest absolute Gasteiger partial charge is 0.449 e. The van der Waals surface area contributed by atoms with Gasteiger partial charge in [-0.2, -0.15) is 9.78 Å². The molecule has 10 heteroatoms. The average Bonchev–Trinajstić information content (AvgIpc) is 2.64. The summed E-state index contributed by atoms with van der Waals surface area (Å²) in [4.78, 5) is 66.0. The molecule has 0 bridgehead atoms. The highest BCUT2D eigenvalue weighted by molar-refractivity contribution is 6.29. The third-order valence-electron chi connectivity index (χ3n) is 3.62. The maximum atomic E-state index is 11.7. The fourth-order valence-electron chi connectivity index (χ4n) is 1.74. The van der Waals surface area contributed by atoms with E-state index in [1.54, 1.807) is 27.7 Å². The topological polar surface area (TPSA) is 124 Å². The fraction of sp³-hybridized carbons (Fsp3) is 0.818. The van der Waals surface area contributed by atoms with Gasteiger partial charge in [-0.3, -0.25) is 9.78 Å². The number of hydrogen-bond donors (Lipinski definition) is 0. The fourth-order valence-corrected chi connectivity index (χ4v) is 1.74. The molecule has 0 amide bonds. The zero-order chi connectivity index (χ0) is 25.4. The predicted molar refractivity (Wildman–Crippen MR) is 113 cm³/mol. The third kappa shape index (κ3) is 14.7. The second kappa shape index (κ2) is 11.6. The molecule has 0 aromatic heterocycles. The Morgan fingerprint density at radius 2 is 0.781 bits per heavy atom. The second-order valence-electron chi connectivity index (χ2n) is 11.2. The summed E-state index contributed by atoms with van der Waals surface area (Å²) in [7, 11) is 0. The first-order valence-electron chi connectivity index (χ1n) is 10.4. The Kier molecular flexibility index (Phi) is 10.8. The van der Waals surface area contributed by atoms with Crippen LogP contribution in [-0.4, -0.2) is 48.3 Å². The van der Waals surface area contributed by atoms with Gasteiger partial charge in [0.25, 0.3) is 0 Å². The Bertz CT molecular complexity index is 607. The summed E-state index contributed by atoms with van der Waals surface area (Å²) < 4.78 is 9.71. The minimum atomic E-state index is -1.26. The molecule has 0 radical (unpaired) electrons. The van der Waals surface area contributed by atoms with Gasteiger partial charge in [0, 0.05) is 0 Å². The molecule has 0 N–H and O–H groups in total. The second-order valence-corrected chi connectivity index (χ2v) is 11.2.